The molecule has 0 spiro atoms. The second kappa shape index (κ2) is 7.79. The van der Waals surface area contributed by atoms with E-state index in [2.05, 4.69) is 15.2 Å². The lowest BCUT2D eigenvalue weighted by atomic mass is 10.1. The third-order valence-electron chi connectivity index (χ3n) is 4.37. The van der Waals surface area contributed by atoms with E-state index < -0.39 is 11.9 Å². The maximum atomic E-state index is 12.4. The first-order valence-corrected chi connectivity index (χ1v) is 8.48. The lowest BCUT2D eigenvalue weighted by Crippen LogP contribution is -2.45. The number of aromatic nitrogens is 1. The van der Waals surface area contributed by atoms with E-state index in [0.29, 0.717) is 12.0 Å². The van der Waals surface area contributed by atoms with E-state index in [9.17, 15) is 9.59 Å². The number of nitrogens with zero attached hydrogens (tertiary/aromatic N) is 2. The molecule has 130 valence electrons. The van der Waals surface area contributed by atoms with Gasteiger partial charge in [-0.2, -0.15) is 0 Å². The molecule has 1 fully saturated rings. The van der Waals surface area contributed by atoms with Gasteiger partial charge in [0.25, 0.3) is 5.91 Å². The molecule has 6 heteroatoms. The van der Waals surface area contributed by atoms with Crippen molar-refractivity contribution in [2.75, 3.05) is 18.0 Å². The van der Waals surface area contributed by atoms with Crippen molar-refractivity contribution < 1.29 is 9.59 Å². The second-order valence-electron chi connectivity index (χ2n) is 6.22. The minimum absolute atomic E-state index is 0.347. The number of amides is 2. The van der Waals surface area contributed by atoms with Crippen molar-refractivity contribution in [3.63, 3.8) is 0 Å². The first kappa shape index (κ1) is 17.0. The summed E-state index contributed by atoms with van der Waals surface area (Å²) in [4.78, 5) is 30.7. The van der Waals surface area contributed by atoms with Gasteiger partial charge in [-0.15, -0.1) is 0 Å². The van der Waals surface area contributed by atoms with Crippen LogP contribution in [0.3, 0.4) is 0 Å². The number of pyridine rings is 1. The van der Waals surface area contributed by atoms with Crippen molar-refractivity contribution in [2.45, 2.75) is 25.3 Å². The van der Waals surface area contributed by atoms with Gasteiger partial charge in [0.05, 0.1) is 5.56 Å². The largest absolute Gasteiger partial charge is 0.368 e. The van der Waals surface area contributed by atoms with E-state index in [1.54, 1.807) is 12.3 Å². The molecular formula is C19H22N4O2. The van der Waals surface area contributed by atoms with Gasteiger partial charge in [-0.1, -0.05) is 30.3 Å². The molecule has 1 saturated heterocycles. The Hall–Kier alpha value is -2.89. The summed E-state index contributed by atoms with van der Waals surface area (Å²) in [5.74, 6) is -0.0242. The Morgan fingerprint density at radius 3 is 2.44 bits per heavy atom. The number of carbonyl (C=O) groups is 2. The number of nitrogens with one attached hydrogen (secondary N) is 1. The quantitative estimate of drug-likeness (QED) is 0.835. The fourth-order valence-electron chi connectivity index (χ4n) is 2.97. The number of benzene rings is 1. The molecule has 3 rings (SSSR count). The molecule has 1 aliphatic heterocycles. The average Bonchev–Trinajstić information content (AvgIpc) is 3.16. The predicted octanol–water partition coefficient (Wildman–Crippen LogP) is 1.51. The van der Waals surface area contributed by atoms with Crippen molar-refractivity contribution in [1.82, 2.24) is 10.3 Å². The van der Waals surface area contributed by atoms with E-state index in [1.165, 1.54) is 12.8 Å². The molecule has 1 unspecified atom stereocenters. The molecule has 0 saturated carbocycles. The van der Waals surface area contributed by atoms with Crippen LogP contribution in [0.4, 0.5) is 5.82 Å². The molecule has 0 aliphatic carbocycles. The molecule has 0 bridgehead atoms. The molecular weight excluding hydrogens is 316 g/mol. The fraction of sp³-hybridized carbons (Fsp3) is 0.316. The summed E-state index contributed by atoms with van der Waals surface area (Å²) < 4.78 is 0. The maximum Gasteiger partial charge on any atom is 0.253 e. The van der Waals surface area contributed by atoms with E-state index in [4.69, 9.17) is 5.73 Å². The number of nitrogens with two attached hydrogens (primary N) is 1. The SMILES string of the molecule is NC(=O)C(Cc1ccccc1)NC(=O)c1ccc(N2CCCC2)nc1. The summed E-state index contributed by atoms with van der Waals surface area (Å²) in [7, 11) is 0. The summed E-state index contributed by atoms with van der Waals surface area (Å²) in [6, 6.07) is 12.3. The summed E-state index contributed by atoms with van der Waals surface area (Å²) in [6.45, 7) is 2.00. The van der Waals surface area contributed by atoms with Crippen LogP contribution < -0.4 is 16.0 Å². The monoisotopic (exact) mass is 338 g/mol. The van der Waals surface area contributed by atoms with E-state index in [1.807, 2.05) is 36.4 Å². The zero-order chi connectivity index (χ0) is 17.6. The number of anilines is 1. The molecule has 2 amide bonds. The van der Waals surface area contributed by atoms with Gasteiger partial charge in [-0.05, 0) is 30.5 Å². The summed E-state index contributed by atoms with van der Waals surface area (Å²) in [6.07, 6.45) is 4.25. The van der Waals surface area contributed by atoms with Crippen molar-refractivity contribution in [3.05, 3.63) is 59.8 Å². The van der Waals surface area contributed by atoms with Crippen LogP contribution >= 0.6 is 0 Å². The Morgan fingerprint density at radius 2 is 1.84 bits per heavy atom. The number of primary amides is 1. The average molecular weight is 338 g/mol. The Bertz CT molecular complexity index is 725. The van der Waals surface area contributed by atoms with E-state index >= 15 is 0 Å². The molecule has 1 aromatic heterocycles. The minimum Gasteiger partial charge on any atom is -0.368 e. The van der Waals surface area contributed by atoms with Crippen molar-refractivity contribution in [2.24, 2.45) is 5.73 Å². The third kappa shape index (κ3) is 4.35. The van der Waals surface area contributed by atoms with Crippen LogP contribution in [0.1, 0.15) is 28.8 Å². The van der Waals surface area contributed by atoms with Gasteiger partial charge in [0.2, 0.25) is 5.91 Å². The fourth-order valence-corrected chi connectivity index (χ4v) is 2.97. The van der Waals surface area contributed by atoms with Crippen LogP contribution in [0.5, 0.6) is 0 Å². The Balaban J connectivity index is 1.65. The van der Waals surface area contributed by atoms with Gasteiger partial charge in [0.15, 0.2) is 0 Å². The molecule has 0 radical (unpaired) electrons. The topological polar surface area (TPSA) is 88.3 Å². The molecule has 1 atom stereocenters. The van der Waals surface area contributed by atoms with Crippen LogP contribution in [0.15, 0.2) is 48.7 Å². The predicted molar refractivity (Wildman–Crippen MR) is 96.3 cm³/mol. The molecule has 25 heavy (non-hydrogen) atoms. The van der Waals surface area contributed by atoms with Gasteiger partial charge in [-0.3, -0.25) is 9.59 Å². The zero-order valence-electron chi connectivity index (χ0n) is 14.0. The van der Waals surface area contributed by atoms with Crippen molar-refractivity contribution >= 4 is 17.6 Å². The molecule has 6 nitrogen and oxygen atoms in total. The van der Waals surface area contributed by atoms with Crippen LogP contribution in [-0.2, 0) is 11.2 Å². The van der Waals surface area contributed by atoms with Crippen LogP contribution in [0.2, 0.25) is 0 Å². The first-order chi connectivity index (χ1) is 12.1. The number of hydrogen-bond donors (Lipinski definition) is 2. The van der Waals surface area contributed by atoms with Crippen molar-refractivity contribution in [3.8, 4) is 0 Å². The minimum atomic E-state index is -0.756. The number of rotatable bonds is 6. The molecule has 2 aromatic rings. The van der Waals surface area contributed by atoms with Crippen LogP contribution in [0.25, 0.3) is 0 Å². The van der Waals surface area contributed by atoms with Crippen LogP contribution in [0, 0.1) is 0 Å². The number of carbonyl (C=O) groups excluding carboxylic acids is 2. The van der Waals surface area contributed by atoms with Crippen molar-refractivity contribution in [1.29, 1.82) is 0 Å². The normalized spacial score (nSPS) is 15.0. The summed E-state index contributed by atoms with van der Waals surface area (Å²) in [5.41, 5.74) is 6.80. The highest BCUT2D eigenvalue weighted by molar-refractivity contribution is 5.97. The third-order valence-corrected chi connectivity index (χ3v) is 4.37. The van der Waals surface area contributed by atoms with Gasteiger partial charge < -0.3 is 16.0 Å². The van der Waals surface area contributed by atoms with Gasteiger partial charge >= 0.3 is 0 Å². The van der Waals surface area contributed by atoms with E-state index in [0.717, 1.165) is 24.5 Å². The van der Waals surface area contributed by atoms with E-state index in [-0.39, 0.29) is 5.91 Å². The lowest BCUT2D eigenvalue weighted by molar-refractivity contribution is -0.119. The summed E-state index contributed by atoms with van der Waals surface area (Å²) >= 11 is 0. The zero-order valence-corrected chi connectivity index (χ0v) is 14.0. The first-order valence-electron chi connectivity index (χ1n) is 8.48. The Kier molecular flexibility index (Phi) is 5.28. The highest BCUT2D eigenvalue weighted by Crippen LogP contribution is 2.17. The van der Waals surface area contributed by atoms with Gasteiger partial charge in [0, 0.05) is 25.7 Å². The molecule has 1 aromatic carbocycles. The maximum absolute atomic E-state index is 12.4. The van der Waals surface area contributed by atoms with Crippen LogP contribution in [-0.4, -0.2) is 35.9 Å². The highest BCUT2D eigenvalue weighted by Gasteiger charge is 2.20. The molecule has 1 aliphatic rings. The Labute approximate surface area is 147 Å². The molecule has 2 heterocycles. The summed E-state index contributed by atoms with van der Waals surface area (Å²) in [5, 5.41) is 2.70. The Morgan fingerprint density at radius 1 is 1.12 bits per heavy atom. The highest BCUT2D eigenvalue weighted by atomic mass is 16.2. The molecule has 3 N–H and O–H groups in total. The van der Waals surface area contributed by atoms with Gasteiger partial charge in [-0.25, -0.2) is 4.98 Å². The smallest absolute Gasteiger partial charge is 0.253 e. The standard InChI is InChI=1S/C19H22N4O2/c20-18(24)16(12-14-6-2-1-3-7-14)22-19(25)15-8-9-17(21-13-15)23-10-4-5-11-23/h1-3,6-9,13,16H,4-5,10-12H2,(H2,20,24)(H,22,25). The number of hydrogen-bond acceptors (Lipinski definition) is 4. The lowest BCUT2D eigenvalue weighted by Gasteiger charge is -2.17. The van der Waals surface area contributed by atoms with Gasteiger partial charge in [0.1, 0.15) is 11.9 Å². The second-order valence-corrected chi connectivity index (χ2v) is 6.22.